The monoisotopic (exact) mass is 584 g/mol. The molecule has 0 saturated carbocycles. The Kier molecular flexibility index (Phi) is 11.5. The normalized spacial score (nSPS) is 11.5. The molecule has 2 amide bonds. The summed E-state index contributed by atoms with van der Waals surface area (Å²) in [7, 11) is 1.50. The number of amides is 2. The average Bonchev–Trinajstić information content (AvgIpc) is 2.87. The van der Waals surface area contributed by atoms with E-state index in [0.717, 1.165) is 24.0 Å². The molecular formula is C30H38BrN2O3P. The van der Waals surface area contributed by atoms with Crippen LogP contribution in [0.15, 0.2) is 91.0 Å². The zero-order chi connectivity index (χ0) is 26.2. The zero-order valence-electron chi connectivity index (χ0n) is 22.4. The van der Waals surface area contributed by atoms with Crippen molar-refractivity contribution in [1.29, 1.82) is 0 Å². The van der Waals surface area contributed by atoms with Gasteiger partial charge in [0.25, 0.3) is 0 Å². The van der Waals surface area contributed by atoms with Gasteiger partial charge in [-0.2, -0.15) is 0 Å². The van der Waals surface area contributed by atoms with Gasteiger partial charge in [-0.1, -0.05) is 54.6 Å². The number of hydrogen-bond acceptors (Lipinski definition) is 4. The molecule has 0 aliphatic carbocycles. The van der Waals surface area contributed by atoms with E-state index in [2.05, 4.69) is 91.0 Å². The van der Waals surface area contributed by atoms with Crippen LogP contribution in [0.5, 0.6) is 0 Å². The van der Waals surface area contributed by atoms with Crippen molar-refractivity contribution < 1.29 is 31.3 Å². The van der Waals surface area contributed by atoms with E-state index < -0.39 is 19.0 Å². The molecule has 0 aliphatic heterocycles. The number of hydrogen-bond donors (Lipinski definition) is 0. The van der Waals surface area contributed by atoms with Crippen LogP contribution in [0.3, 0.4) is 0 Å². The van der Waals surface area contributed by atoms with Crippen molar-refractivity contribution in [2.45, 2.75) is 32.8 Å². The number of rotatable bonds is 9. The summed E-state index contributed by atoms with van der Waals surface area (Å²) in [5.41, 5.74) is -0.642. The molecule has 37 heavy (non-hydrogen) atoms. The predicted molar refractivity (Wildman–Crippen MR) is 151 cm³/mol. The van der Waals surface area contributed by atoms with Gasteiger partial charge in [0.1, 0.15) is 28.8 Å². The van der Waals surface area contributed by atoms with E-state index in [0.29, 0.717) is 0 Å². The van der Waals surface area contributed by atoms with Crippen LogP contribution in [-0.2, 0) is 9.53 Å². The molecule has 3 aromatic carbocycles. The SMILES string of the molecule is CN(CCC[P+](c1ccccc1)(c1ccccc1)c1ccccc1)CC(=O)N(C)C(=O)OC(C)(C)C.[Br-]. The van der Waals surface area contributed by atoms with Crippen molar-refractivity contribution in [1.82, 2.24) is 9.80 Å². The number of ether oxygens (including phenoxy) is 1. The molecule has 0 aliphatic rings. The van der Waals surface area contributed by atoms with Crippen molar-refractivity contribution in [2.75, 3.05) is 33.3 Å². The fraction of sp³-hybridized carbons (Fsp3) is 0.333. The molecule has 198 valence electrons. The van der Waals surface area contributed by atoms with Crippen LogP contribution in [0.25, 0.3) is 0 Å². The smallest absolute Gasteiger partial charge is 0.416 e. The van der Waals surface area contributed by atoms with Gasteiger partial charge < -0.3 is 21.7 Å². The third-order valence-electron chi connectivity index (χ3n) is 6.07. The number of halogens is 1. The topological polar surface area (TPSA) is 49.9 Å². The summed E-state index contributed by atoms with van der Waals surface area (Å²) in [6, 6.07) is 32.4. The van der Waals surface area contributed by atoms with E-state index in [9.17, 15) is 9.59 Å². The fourth-order valence-electron chi connectivity index (χ4n) is 4.31. The number of nitrogens with zero attached hydrogens (tertiary/aromatic N) is 2. The van der Waals surface area contributed by atoms with E-state index in [1.54, 1.807) is 20.8 Å². The van der Waals surface area contributed by atoms with E-state index in [1.165, 1.54) is 23.0 Å². The minimum absolute atomic E-state index is 0. The summed E-state index contributed by atoms with van der Waals surface area (Å²) in [5.74, 6) is -0.276. The van der Waals surface area contributed by atoms with E-state index >= 15 is 0 Å². The Morgan fingerprint density at radius 1 is 0.757 bits per heavy atom. The molecule has 7 heteroatoms. The van der Waals surface area contributed by atoms with Crippen molar-refractivity contribution in [3.05, 3.63) is 91.0 Å². The van der Waals surface area contributed by atoms with Gasteiger partial charge in [-0.25, -0.2) is 9.69 Å². The lowest BCUT2D eigenvalue weighted by atomic mass is 10.2. The van der Waals surface area contributed by atoms with Crippen LogP contribution in [0.4, 0.5) is 4.79 Å². The number of likely N-dealkylation sites (N-methyl/N-ethyl adjacent to an activating group) is 2. The van der Waals surface area contributed by atoms with E-state index in [1.807, 2.05) is 11.9 Å². The molecule has 3 aromatic rings. The first kappa shape index (κ1) is 30.7. The lowest BCUT2D eigenvalue weighted by Crippen LogP contribution is -3.00. The lowest BCUT2D eigenvalue weighted by molar-refractivity contribution is -0.130. The molecule has 0 aromatic heterocycles. The van der Waals surface area contributed by atoms with Gasteiger partial charge in [-0.15, -0.1) is 0 Å². The molecule has 0 unspecified atom stereocenters. The standard InChI is InChI=1S/C30H38N2O3P.BrH/c1-30(2,3)35-29(34)32(5)28(33)24-31(4)22-15-23-36(25-16-9-6-10-17-25,26-18-11-7-12-19-26)27-20-13-8-14-21-27;/h6-14,16-21H,15,22-24H2,1-5H3;1H/q+1;/p-1. The second-order valence-electron chi connectivity index (χ2n) is 10.1. The van der Waals surface area contributed by atoms with Crippen LogP contribution in [0, 0.1) is 0 Å². The van der Waals surface area contributed by atoms with Crippen LogP contribution in [0.1, 0.15) is 27.2 Å². The summed E-state index contributed by atoms with van der Waals surface area (Å²) >= 11 is 0. The third kappa shape index (κ3) is 8.23. The molecule has 5 nitrogen and oxygen atoms in total. The molecular weight excluding hydrogens is 547 g/mol. The molecule has 0 saturated heterocycles. The number of benzene rings is 3. The first-order valence-electron chi connectivity index (χ1n) is 12.4. The predicted octanol–water partition coefficient (Wildman–Crippen LogP) is 1.70. The third-order valence-corrected chi connectivity index (χ3v) is 10.6. The maximum Gasteiger partial charge on any atom is 0.416 e. The van der Waals surface area contributed by atoms with Crippen LogP contribution >= 0.6 is 7.26 Å². The van der Waals surface area contributed by atoms with Crippen LogP contribution in [-0.4, -0.2) is 60.7 Å². The minimum Gasteiger partial charge on any atom is -1.00 e. The van der Waals surface area contributed by atoms with Gasteiger partial charge in [0.15, 0.2) is 0 Å². The highest BCUT2D eigenvalue weighted by molar-refractivity contribution is 7.95. The molecule has 0 atom stereocenters. The molecule has 0 spiro atoms. The number of carbonyl (C=O) groups excluding carboxylic acids is 2. The van der Waals surface area contributed by atoms with Gasteiger partial charge in [0.05, 0.1) is 12.7 Å². The Balaban J connectivity index is 0.00000481. The van der Waals surface area contributed by atoms with Gasteiger partial charge in [0.2, 0.25) is 5.91 Å². The Labute approximate surface area is 232 Å². The van der Waals surface area contributed by atoms with Gasteiger partial charge in [-0.3, -0.25) is 9.69 Å². The largest absolute Gasteiger partial charge is 1.00 e. The Bertz CT molecular complexity index is 1030. The van der Waals surface area contributed by atoms with E-state index in [-0.39, 0.29) is 29.4 Å². The fourth-order valence-corrected chi connectivity index (χ4v) is 8.64. The minimum atomic E-state index is -1.90. The molecule has 0 N–H and O–H groups in total. The Morgan fingerprint density at radius 2 is 1.16 bits per heavy atom. The second kappa shape index (κ2) is 13.9. The molecule has 3 rings (SSSR count). The Hall–Kier alpha value is -2.53. The summed E-state index contributed by atoms with van der Waals surface area (Å²) in [6.45, 7) is 6.26. The van der Waals surface area contributed by atoms with Gasteiger partial charge in [0, 0.05) is 13.6 Å². The van der Waals surface area contributed by atoms with Crippen molar-refractivity contribution in [2.24, 2.45) is 0 Å². The number of imide groups is 1. The first-order valence-corrected chi connectivity index (χ1v) is 14.3. The highest BCUT2D eigenvalue weighted by Crippen LogP contribution is 2.55. The summed E-state index contributed by atoms with van der Waals surface area (Å²) in [5, 5.41) is 4.06. The van der Waals surface area contributed by atoms with Crippen molar-refractivity contribution >= 4 is 35.2 Å². The lowest BCUT2D eigenvalue weighted by Gasteiger charge is -2.29. The van der Waals surface area contributed by atoms with Crippen LogP contribution in [0.2, 0.25) is 0 Å². The zero-order valence-corrected chi connectivity index (χ0v) is 24.9. The van der Waals surface area contributed by atoms with Crippen LogP contribution < -0.4 is 32.9 Å². The second-order valence-corrected chi connectivity index (χ2v) is 13.7. The van der Waals surface area contributed by atoms with Crippen molar-refractivity contribution in [3.63, 3.8) is 0 Å². The molecule has 0 heterocycles. The van der Waals surface area contributed by atoms with Gasteiger partial charge >= 0.3 is 6.09 Å². The maximum absolute atomic E-state index is 12.7. The summed E-state index contributed by atoms with van der Waals surface area (Å²) < 4.78 is 5.33. The highest BCUT2D eigenvalue weighted by atomic mass is 79.9. The quantitative estimate of drug-likeness (QED) is 0.359. The van der Waals surface area contributed by atoms with Gasteiger partial charge in [-0.05, 0) is 70.6 Å². The Morgan fingerprint density at radius 3 is 1.54 bits per heavy atom. The first-order chi connectivity index (χ1) is 17.1. The maximum atomic E-state index is 12.7. The van der Waals surface area contributed by atoms with E-state index in [4.69, 9.17) is 4.74 Å². The molecule has 0 bridgehead atoms. The summed E-state index contributed by atoms with van der Waals surface area (Å²) in [6.07, 6.45) is 1.26. The van der Waals surface area contributed by atoms with Crippen molar-refractivity contribution in [3.8, 4) is 0 Å². The molecule has 0 fully saturated rings. The average molecular weight is 586 g/mol. The highest BCUT2D eigenvalue weighted by Gasteiger charge is 2.44. The summed E-state index contributed by atoms with van der Waals surface area (Å²) in [4.78, 5) is 28.0. The molecule has 0 radical (unpaired) electrons. The number of carbonyl (C=O) groups is 2.